The molecule has 0 radical (unpaired) electrons. The molecule has 0 spiro atoms. The van der Waals surface area contributed by atoms with E-state index in [1.165, 1.54) is 10.8 Å². The van der Waals surface area contributed by atoms with Gasteiger partial charge in [0.25, 0.3) is 0 Å². The Hall–Kier alpha value is -5.44. The Bertz CT molecular complexity index is 2320. The maximum atomic E-state index is 8.33. The second kappa shape index (κ2) is 12.5. The first kappa shape index (κ1) is 32.1. The molecule has 5 aromatic carbocycles. The van der Waals surface area contributed by atoms with Crippen LogP contribution in [0.5, 0.6) is 0 Å². The summed E-state index contributed by atoms with van der Waals surface area (Å²) in [5.41, 5.74) is 11.8. The van der Waals surface area contributed by atoms with E-state index in [1.807, 2.05) is 12.1 Å². The fourth-order valence-corrected chi connectivity index (χ4v) is 8.87. The minimum Gasteiger partial charge on any atom is -0.466 e. The minimum absolute atomic E-state index is 0.409. The van der Waals surface area contributed by atoms with Crippen molar-refractivity contribution >= 4 is 57.9 Å². The Kier molecular flexibility index (Phi) is 8.22. The van der Waals surface area contributed by atoms with E-state index in [9.17, 15) is 0 Å². The van der Waals surface area contributed by atoms with Gasteiger partial charge in [-0.25, -0.2) is 9.41 Å². The normalized spacial score (nSPS) is 11.7. The highest BCUT2D eigenvalue weighted by molar-refractivity contribution is 6.89. The zero-order valence-corrected chi connectivity index (χ0v) is 30.4. The number of aromatic nitrogens is 1. The predicted molar refractivity (Wildman–Crippen MR) is 209 cm³/mol. The smallest absolute Gasteiger partial charge is 0.237 e. The molecule has 5 heteroatoms. The van der Waals surface area contributed by atoms with Crippen molar-refractivity contribution in [2.75, 3.05) is 4.90 Å². The molecule has 49 heavy (non-hydrogen) atoms. The lowest BCUT2D eigenvalue weighted by Gasteiger charge is -2.25. The average Bonchev–Trinajstić information content (AvgIpc) is 3.47. The third-order valence-corrected chi connectivity index (χ3v) is 11.6. The third-order valence-electron chi connectivity index (χ3n) is 9.56. The van der Waals surface area contributed by atoms with Crippen molar-refractivity contribution in [2.24, 2.45) is 7.05 Å². The van der Waals surface area contributed by atoms with Crippen LogP contribution in [0.3, 0.4) is 0 Å². The van der Waals surface area contributed by atoms with Gasteiger partial charge in [-0.3, -0.25) is 0 Å². The van der Waals surface area contributed by atoms with Gasteiger partial charge < -0.3 is 9.32 Å². The SMILES string of the molecule is [C-]#[N+]c1c(-c2ccc(N(c3ccccc3)c3ccccc3)cc2)ccc2c1oc1c(-c3cc(C(C)C)c([Si](C)(C)C)c[n+]3C)c(C)ccc12. The van der Waals surface area contributed by atoms with Crippen molar-refractivity contribution in [3.63, 3.8) is 0 Å². The molecule has 2 aromatic heterocycles. The number of aryl methyl sites for hydroxylation is 2. The van der Waals surface area contributed by atoms with Gasteiger partial charge in [0.2, 0.25) is 11.4 Å². The molecule has 7 aromatic rings. The molecule has 0 bridgehead atoms. The number of anilines is 3. The van der Waals surface area contributed by atoms with Gasteiger partial charge in [-0.2, -0.15) is 0 Å². The van der Waals surface area contributed by atoms with Gasteiger partial charge in [0, 0.05) is 39.1 Å². The quantitative estimate of drug-likeness (QED) is 0.0969. The van der Waals surface area contributed by atoms with E-state index in [-0.39, 0.29) is 0 Å². The van der Waals surface area contributed by atoms with Crippen molar-refractivity contribution in [3.05, 3.63) is 144 Å². The Balaban J connectivity index is 1.36. The molecule has 2 heterocycles. The van der Waals surface area contributed by atoms with E-state index in [4.69, 9.17) is 11.0 Å². The van der Waals surface area contributed by atoms with Crippen LogP contribution in [0.1, 0.15) is 30.9 Å². The van der Waals surface area contributed by atoms with Gasteiger partial charge in [0.1, 0.15) is 18.2 Å². The lowest BCUT2D eigenvalue weighted by molar-refractivity contribution is -0.659. The molecular weight excluding hydrogens is 615 g/mol. The summed E-state index contributed by atoms with van der Waals surface area (Å²) in [6.45, 7) is 22.3. The molecule has 0 atom stereocenters. The highest BCUT2D eigenvalue weighted by atomic mass is 28.3. The van der Waals surface area contributed by atoms with Gasteiger partial charge in [0.15, 0.2) is 6.20 Å². The number of hydrogen-bond donors (Lipinski definition) is 0. The zero-order valence-electron chi connectivity index (χ0n) is 29.4. The minimum atomic E-state index is -1.57. The number of para-hydroxylation sites is 2. The van der Waals surface area contributed by atoms with Crippen molar-refractivity contribution in [1.82, 2.24) is 0 Å². The standard InChI is InChI=1S/C44H42N3OSi/c1-29(2)38-27-39(46(5)28-40(38)49(6,7)8)41-30(3)19-24-36-37-26-25-35(42(45-4)44(37)48-43(36)41)31-20-22-34(23-21-31)47(32-15-11-9-12-16-32)33-17-13-10-14-18-33/h9-29H,1-3,5-8H3/q+1. The maximum absolute atomic E-state index is 8.33. The van der Waals surface area contributed by atoms with Gasteiger partial charge in [-0.15, -0.1) is 0 Å². The molecule has 7 rings (SSSR count). The van der Waals surface area contributed by atoms with E-state index in [0.717, 1.165) is 61.4 Å². The molecule has 0 N–H and O–H groups in total. The average molecular weight is 657 g/mol. The molecule has 0 amide bonds. The van der Waals surface area contributed by atoms with Crippen LogP contribution in [0.25, 0.3) is 49.2 Å². The molecule has 0 fully saturated rings. The fourth-order valence-electron chi connectivity index (χ4n) is 7.06. The first-order chi connectivity index (χ1) is 23.6. The summed E-state index contributed by atoms with van der Waals surface area (Å²) < 4.78 is 9.08. The van der Waals surface area contributed by atoms with Crippen molar-refractivity contribution in [2.45, 2.75) is 46.3 Å². The highest BCUT2D eigenvalue weighted by Crippen LogP contribution is 2.45. The van der Waals surface area contributed by atoms with Crippen LogP contribution < -0.4 is 14.7 Å². The Labute approximate surface area is 290 Å². The van der Waals surface area contributed by atoms with Crippen molar-refractivity contribution in [3.8, 4) is 22.4 Å². The van der Waals surface area contributed by atoms with Crippen LogP contribution in [0.4, 0.5) is 22.7 Å². The summed E-state index contributed by atoms with van der Waals surface area (Å²) in [6.07, 6.45) is 2.35. The number of pyridine rings is 1. The third kappa shape index (κ3) is 5.73. The number of rotatable bonds is 7. The molecule has 242 valence electrons. The molecule has 0 aliphatic heterocycles. The first-order valence-corrected chi connectivity index (χ1v) is 20.5. The molecule has 0 saturated heterocycles. The molecule has 0 aliphatic rings. The van der Waals surface area contributed by atoms with Gasteiger partial charge in [0.05, 0.1) is 20.2 Å². The van der Waals surface area contributed by atoms with Crippen LogP contribution in [0, 0.1) is 13.5 Å². The summed E-state index contributed by atoms with van der Waals surface area (Å²) in [5.74, 6) is 0.409. The van der Waals surface area contributed by atoms with E-state index in [0.29, 0.717) is 17.2 Å². The summed E-state index contributed by atoms with van der Waals surface area (Å²) in [7, 11) is 0.580. The maximum Gasteiger partial charge on any atom is 0.237 e. The predicted octanol–water partition coefficient (Wildman–Crippen LogP) is 11.7. The summed E-state index contributed by atoms with van der Waals surface area (Å²) in [5, 5.41) is 3.49. The van der Waals surface area contributed by atoms with Gasteiger partial charge in [-0.05, 0) is 71.5 Å². The number of furan rings is 1. The molecule has 0 saturated carbocycles. The lowest BCUT2D eigenvalue weighted by Crippen LogP contribution is -2.47. The Morgan fingerprint density at radius 3 is 1.88 bits per heavy atom. The molecule has 4 nitrogen and oxygen atoms in total. The summed E-state index contributed by atoms with van der Waals surface area (Å²) in [4.78, 5) is 6.33. The Morgan fingerprint density at radius 2 is 1.31 bits per heavy atom. The molecular formula is C44H42N3OSi+. The van der Waals surface area contributed by atoms with Crippen molar-refractivity contribution in [1.29, 1.82) is 0 Å². The first-order valence-electron chi connectivity index (χ1n) is 17.0. The van der Waals surface area contributed by atoms with E-state index < -0.39 is 8.07 Å². The fraction of sp³-hybridized carbons (Fsp3) is 0.182. The summed E-state index contributed by atoms with van der Waals surface area (Å²) in [6, 6.07) is 40.1. The Morgan fingerprint density at radius 1 is 0.735 bits per heavy atom. The summed E-state index contributed by atoms with van der Waals surface area (Å²) >= 11 is 0. The van der Waals surface area contributed by atoms with Crippen LogP contribution in [0.15, 0.2) is 126 Å². The number of hydrogen-bond acceptors (Lipinski definition) is 2. The topological polar surface area (TPSA) is 24.6 Å². The van der Waals surface area contributed by atoms with Crippen LogP contribution in [0.2, 0.25) is 19.6 Å². The van der Waals surface area contributed by atoms with Crippen molar-refractivity contribution < 1.29 is 8.98 Å². The monoisotopic (exact) mass is 656 g/mol. The zero-order chi connectivity index (χ0) is 34.4. The van der Waals surface area contributed by atoms with E-state index >= 15 is 0 Å². The van der Waals surface area contributed by atoms with Crippen LogP contribution >= 0.6 is 0 Å². The van der Waals surface area contributed by atoms with E-state index in [1.54, 1.807) is 0 Å². The largest absolute Gasteiger partial charge is 0.466 e. The number of benzene rings is 5. The number of nitrogens with zero attached hydrogens (tertiary/aromatic N) is 3. The molecule has 0 aliphatic carbocycles. The van der Waals surface area contributed by atoms with Crippen LogP contribution in [-0.4, -0.2) is 8.07 Å². The highest BCUT2D eigenvalue weighted by Gasteiger charge is 2.29. The molecule has 0 unspecified atom stereocenters. The van der Waals surface area contributed by atoms with Crippen LogP contribution in [-0.2, 0) is 7.05 Å². The lowest BCUT2D eigenvalue weighted by atomic mass is 9.96. The number of fused-ring (bicyclic) bond motifs is 3. The van der Waals surface area contributed by atoms with Gasteiger partial charge >= 0.3 is 0 Å². The van der Waals surface area contributed by atoms with E-state index in [2.05, 4.69) is 171 Å². The second-order valence-electron chi connectivity index (χ2n) is 14.3. The second-order valence-corrected chi connectivity index (χ2v) is 19.3. The van der Waals surface area contributed by atoms with Gasteiger partial charge in [-0.1, -0.05) is 106 Å².